The number of hydrogen-bond donors (Lipinski definition) is 4. The van der Waals surface area contributed by atoms with Crippen LogP contribution in [-0.4, -0.2) is 81.4 Å². The first-order valence-corrected chi connectivity index (χ1v) is 13.1. The van der Waals surface area contributed by atoms with Crippen LogP contribution in [0.25, 0.3) is 0 Å². The van der Waals surface area contributed by atoms with Gasteiger partial charge in [-0.3, -0.25) is 20.1 Å². The Morgan fingerprint density at radius 1 is 1.40 bits per heavy atom. The molecule has 0 radical (unpaired) electrons. The van der Waals surface area contributed by atoms with Crippen molar-refractivity contribution >= 4 is 27.2 Å². The second-order valence-corrected chi connectivity index (χ2v) is 10.4. The fraction of sp³-hybridized carbons (Fsp3) is 0.357. The molecule has 0 bridgehead atoms. The van der Waals surface area contributed by atoms with Gasteiger partial charge in [0.25, 0.3) is 5.66 Å². The molecule has 42 heavy (non-hydrogen) atoms. The maximum atomic E-state index is 13.9. The number of likely N-dealkylation sites (N-methyl/N-ethyl adjacent to an activating group) is 1. The molecular weight excluding hydrogens is 569 g/mol. The summed E-state index contributed by atoms with van der Waals surface area (Å²) in [6, 6.07) is 4.06. The summed E-state index contributed by atoms with van der Waals surface area (Å²) in [6.07, 6.45) is 0.0149. The summed E-state index contributed by atoms with van der Waals surface area (Å²) in [5.41, 5.74) is 2.54. The molecule has 1 aromatic rings. The average Bonchev–Trinajstić information content (AvgIpc) is 2.90. The van der Waals surface area contributed by atoms with Gasteiger partial charge in [-0.25, -0.2) is 9.59 Å². The number of rotatable bonds is 11. The van der Waals surface area contributed by atoms with Crippen molar-refractivity contribution in [2.45, 2.75) is 44.3 Å². The number of nitrogens with two attached hydrogens (primary N) is 1. The fourth-order valence-electron chi connectivity index (χ4n) is 4.44. The number of methoxy groups -OCH3 is 1. The average molecular weight is 605 g/mol. The van der Waals surface area contributed by atoms with Crippen LogP contribution in [0.5, 0.6) is 0 Å². The minimum absolute atomic E-state index is 0.0398. The number of carbonyl (C=O) groups excluding carboxylic acids is 2. The molecule has 0 saturated heterocycles. The quantitative estimate of drug-likeness (QED) is 0.170. The Kier molecular flexibility index (Phi) is 11.3. The second-order valence-electron chi connectivity index (χ2n) is 9.71. The lowest BCUT2D eigenvalue weighted by atomic mass is 9.88. The van der Waals surface area contributed by atoms with Gasteiger partial charge in [0.1, 0.15) is 6.04 Å². The van der Waals surface area contributed by atoms with Crippen molar-refractivity contribution in [1.82, 2.24) is 14.7 Å². The van der Waals surface area contributed by atoms with Crippen LogP contribution in [0, 0.1) is 16.7 Å². The van der Waals surface area contributed by atoms with Crippen LogP contribution >= 0.6 is 9.24 Å². The van der Waals surface area contributed by atoms with Crippen LogP contribution in [0.4, 0.5) is 13.6 Å². The lowest BCUT2D eigenvalue weighted by Gasteiger charge is -2.43. The molecule has 0 fully saturated rings. The Balaban J connectivity index is 2.88. The highest BCUT2D eigenvalue weighted by Crippen LogP contribution is 2.41. The largest absolute Gasteiger partial charge is 0.466 e. The minimum Gasteiger partial charge on any atom is -0.466 e. The summed E-state index contributed by atoms with van der Waals surface area (Å²) in [6.45, 7) is 10.00. The number of halogens is 2. The van der Waals surface area contributed by atoms with Crippen LogP contribution in [-0.2, 0) is 16.1 Å². The van der Waals surface area contributed by atoms with Crippen molar-refractivity contribution in [2.75, 3.05) is 20.7 Å². The predicted octanol–water partition coefficient (Wildman–Crippen LogP) is 2.94. The lowest BCUT2D eigenvalue weighted by Crippen LogP contribution is -2.54. The Hall–Kier alpha value is -3.95. The molecule has 0 saturated carbocycles. The van der Waals surface area contributed by atoms with E-state index < -0.39 is 47.4 Å². The molecule has 0 aromatic heterocycles. The van der Waals surface area contributed by atoms with Crippen molar-refractivity contribution in [3.8, 4) is 6.07 Å². The Morgan fingerprint density at radius 3 is 2.50 bits per heavy atom. The van der Waals surface area contributed by atoms with E-state index in [2.05, 4.69) is 13.2 Å². The second kappa shape index (κ2) is 13.8. The number of hydrogen-bond acceptors (Lipinski definition) is 8. The van der Waals surface area contributed by atoms with Gasteiger partial charge < -0.3 is 20.7 Å². The van der Waals surface area contributed by atoms with Crippen molar-refractivity contribution < 1.29 is 33.3 Å². The van der Waals surface area contributed by atoms with Gasteiger partial charge in [0.05, 0.1) is 36.5 Å². The molecule has 1 aromatic carbocycles. The number of nitriles is 1. The zero-order chi connectivity index (χ0) is 32.1. The van der Waals surface area contributed by atoms with Crippen LogP contribution in [0.15, 0.2) is 66.0 Å². The van der Waals surface area contributed by atoms with Crippen molar-refractivity contribution in [1.29, 1.82) is 10.7 Å². The van der Waals surface area contributed by atoms with Crippen LogP contribution in [0.1, 0.15) is 36.6 Å². The highest BCUT2D eigenvalue weighted by molar-refractivity contribution is 7.18. The first-order chi connectivity index (χ1) is 19.5. The Morgan fingerprint density at radius 2 is 2.02 bits per heavy atom. The molecule has 3 unspecified atom stereocenters. The molecular formula is C28H35F2N6O5P. The number of nitrogens with one attached hydrogen (secondary N) is 1. The van der Waals surface area contributed by atoms with E-state index in [1.807, 2.05) is 6.07 Å². The van der Waals surface area contributed by atoms with E-state index in [1.54, 1.807) is 11.9 Å². The van der Waals surface area contributed by atoms with Crippen molar-refractivity contribution in [3.63, 3.8) is 0 Å². The van der Waals surface area contributed by atoms with Crippen molar-refractivity contribution in [3.05, 3.63) is 82.7 Å². The van der Waals surface area contributed by atoms with Gasteiger partial charge in [-0.2, -0.15) is 14.0 Å². The number of nitrogens with zero attached hydrogens (tertiary/aromatic N) is 4. The Labute approximate surface area is 245 Å². The smallest absolute Gasteiger partial charge is 0.338 e. The van der Waals surface area contributed by atoms with Crippen LogP contribution in [0.3, 0.4) is 0 Å². The van der Waals surface area contributed by atoms with Gasteiger partial charge in [0, 0.05) is 30.1 Å². The molecule has 0 aliphatic carbocycles. The predicted molar refractivity (Wildman–Crippen MR) is 156 cm³/mol. The minimum atomic E-state index is -3.40. The first-order valence-electron chi connectivity index (χ1n) is 12.5. The molecule has 2 rings (SSSR count). The van der Waals surface area contributed by atoms with E-state index in [-0.39, 0.29) is 35.6 Å². The van der Waals surface area contributed by atoms with Gasteiger partial charge in [-0.1, -0.05) is 28.5 Å². The summed E-state index contributed by atoms with van der Waals surface area (Å²) in [4.78, 5) is 29.7. The summed E-state index contributed by atoms with van der Waals surface area (Å²) in [5.74, 6) is -1.47. The number of benzene rings is 1. The molecule has 1 aliphatic rings. The van der Waals surface area contributed by atoms with Gasteiger partial charge in [-0.15, -0.1) is 0 Å². The third-order valence-corrected chi connectivity index (χ3v) is 6.99. The number of alkyl halides is 2. The summed E-state index contributed by atoms with van der Waals surface area (Å²) in [7, 11) is 4.12. The lowest BCUT2D eigenvalue weighted by molar-refractivity contribution is -0.137. The number of amides is 2. The number of primary amides is 1. The maximum Gasteiger partial charge on any atom is 0.338 e. The zero-order valence-electron chi connectivity index (χ0n) is 23.8. The van der Waals surface area contributed by atoms with Gasteiger partial charge >= 0.3 is 12.0 Å². The van der Waals surface area contributed by atoms with Crippen LogP contribution in [0.2, 0.25) is 0 Å². The summed E-state index contributed by atoms with van der Waals surface area (Å²) in [5, 5.41) is 38.4. The molecule has 5 N–H and O–H groups in total. The third kappa shape index (κ3) is 7.46. The molecule has 226 valence electrons. The van der Waals surface area contributed by atoms with E-state index in [4.69, 9.17) is 15.9 Å². The molecule has 1 aliphatic heterocycles. The molecule has 4 atom stereocenters. The molecule has 2 amide bonds. The standard InChI is InChI=1S/C28H35F2N6O5P/c1-7-20(10-15(2)28(29,30)42)35-16(3)23(25(39)41-6)24(36(26(35)32)27(33)40)21-9-8-18(12-31)11-19(21)13-34(5)14-22(38)17(4)37/h7-11,17,22,24,32,37-38H,1-2,13-14,42H2,3-6H3,(H2,33,40)/b20-10+,32-26?/t17?,22?,24-/m1/s1. The number of aliphatic hydroxyl groups is 2. The number of esters is 1. The molecule has 1 heterocycles. The van der Waals surface area contributed by atoms with E-state index in [0.29, 0.717) is 11.1 Å². The highest BCUT2D eigenvalue weighted by Gasteiger charge is 2.44. The Bertz CT molecular complexity index is 1380. The zero-order valence-corrected chi connectivity index (χ0v) is 24.9. The molecule has 11 nitrogen and oxygen atoms in total. The summed E-state index contributed by atoms with van der Waals surface area (Å²) >= 11 is 0. The van der Waals surface area contributed by atoms with Gasteiger partial charge in [-0.05, 0) is 56.3 Å². The van der Waals surface area contributed by atoms with Crippen LogP contribution < -0.4 is 5.73 Å². The van der Waals surface area contributed by atoms with Crippen molar-refractivity contribution in [2.24, 2.45) is 5.73 Å². The monoisotopic (exact) mass is 604 g/mol. The van der Waals surface area contributed by atoms with Gasteiger partial charge in [0.15, 0.2) is 0 Å². The highest BCUT2D eigenvalue weighted by atomic mass is 31.0. The number of urea groups is 1. The summed E-state index contributed by atoms with van der Waals surface area (Å²) < 4.78 is 32.9. The number of ether oxygens (including phenoxy) is 1. The third-order valence-electron chi connectivity index (χ3n) is 6.62. The van der Waals surface area contributed by atoms with E-state index in [0.717, 1.165) is 29.1 Å². The number of aliphatic hydroxyl groups excluding tert-OH is 2. The maximum absolute atomic E-state index is 13.9. The first kappa shape index (κ1) is 34.3. The molecule has 14 heteroatoms. The topological polar surface area (TPSA) is 167 Å². The fourth-order valence-corrected chi connectivity index (χ4v) is 4.53. The molecule has 0 spiro atoms. The number of guanidine groups is 1. The van der Waals surface area contributed by atoms with E-state index in [9.17, 15) is 33.8 Å². The number of allylic oxidation sites excluding steroid dienone is 4. The normalized spacial score (nSPS) is 17.6. The van der Waals surface area contributed by atoms with E-state index in [1.165, 1.54) is 41.3 Å². The van der Waals surface area contributed by atoms with Gasteiger partial charge in [0.2, 0.25) is 5.96 Å². The van der Waals surface area contributed by atoms with E-state index >= 15 is 0 Å². The number of carbonyl (C=O) groups is 2. The SMILES string of the molecule is C=C/C(=C\C(=C)C(F)(F)P)N1C(=N)N(C(N)=O)[C@H](c2ccc(C#N)cc2CN(C)CC(O)C(C)O)C(C(=O)OC)=C1C.